The van der Waals surface area contributed by atoms with Gasteiger partial charge in [-0.1, -0.05) is 33.1 Å². The molecule has 3 heteroatoms. The minimum atomic E-state index is 0.620. The van der Waals surface area contributed by atoms with Gasteiger partial charge in [0, 0.05) is 12.2 Å². The van der Waals surface area contributed by atoms with E-state index in [1.807, 2.05) is 0 Å². The molecule has 2 rings (SSSR count). The molecule has 1 fully saturated rings. The van der Waals surface area contributed by atoms with Gasteiger partial charge in [0.2, 0.25) is 0 Å². The number of nitrogens with zero attached hydrogens (tertiary/aromatic N) is 2. The van der Waals surface area contributed by atoms with E-state index in [1.165, 1.54) is 50.6 Å². The van der Waals surface area contributed by atoms with E-state index in [4.69, 9.17) is 5.10 Å². The molecule has 114 valence electrons. The summed E-state index contributed by atoms with van der Waals surface area (Å²) >= 11 is 0. The third-order valence-electron chi connectivity index (χ3n) is 4.53. The number of hydrogen-bond donors (Lipinski definition) is 1. The topological polar surface area (TPSA) is 29.9 Å². The summed E-state index contributed by atoms with van der Waals surface area (Å²) in [6.45, 7) is 4.59. The van der Waals surface area contributed by atoms with E-state index < -0.39 is 0 Å². The molecule has 0 radical (unpaired) electrons. The lowest BCUT2D eigenvalue weighted by atomic mass is 9.96. The van der Waals surface area contributed by atoms with Crippen molar-refractivity contribution in [1.29, 1.82) is 0 Å². The smallest absolute Gasteiger partial charge is 0.0625 e. The van der Waals surface area contributed by atoms with E-state index in [0.29, 0.717) is 12.1 Å². The average molecular weight is 277 g/mol. The van der Waals surface area contributed by atoms with Crippen LogP contribution in [0.15, 0.2) is 12.3 Å². The lowest BCUT2D eigenvalue weighted by molar-refractivity contribution is 0.327. The average Bonchev–Trinajstić information content (AvgIpc) is 2.93. The molecule has 1 atom stereocenters. The Hall–Kier alpha value is -0.830. The SMILES string of the molecule is CNC(CCc1ccn(C2CCCCC2)n1)CC(C)C. The standard InChI is InChI=1S/C17H31N3/c1-14(2)13-16(18-3)10-9-15-11-12-20(19-15)17-7-5-4-6-8-17/h11-12,14,16-18H,4-10,13H2,1-3H3. The molecule has 0 amide bonds. The van der Waals surface area contributed by atoms with Gasteiger partial charge in [-0.3, -0.25) is 4.68 Å². The summed E-state index contributed by atoms with van der Waals surface area (Å²) < 4.78 is 2.23. The zero-order chi connectivity index (χ0) is 14.4. The fraction of sp³-hybridized carbons (Fsp3) is 0.824. The highest BCUT2D eigenvalue weighted by atomic mass is 15.3. The minimum absolute atomic E-state index is 0.620. The molecule has 1 aliphatic carbocycles. The summed E-state index contributed by atoms with van der Waals surface area (Å²) in [5.41, 5.74) is 1.26. The van der Waals surface area contributed by atoms with Crippen LogP contribution in [0.2, 0.25) is 0 Å². The van der Waals surface area contributed by atoms with Crippen molar-refractivity contribution < 1.29 is 0 Å². The van der Waals surface area contributed by atoms with E-state index in [9.17, 15) is 0 Å². The third kappa shape index (κ3) is 4.62. The van der Waals surface area contributed by atoms with Gasteiger partial charge in [-0.15, -0.1) is 0 Å². The van der Waals surface area contributed by atoms with E-state index in [1.54, 1.807) is 0 Å². The summed E-state index contributed by atoms with van der Waals surface area (Å²) in [7, 11) is 2.08. The van der Waals surface area contributed by atoms with Crippen LogP contribution >= 0.6 is 0 Å². The number of rotatable bonds is 7. The predicted octanol–water partition coefficient (Wildman–Crippen LogP) is 3.96. The predicted molar refractivity (Wildman–Crippen MR) is 85.0 cm³/mol. The van der Waals surface area contributed by atoms with Crippen LogP contribution in [0, 0.1) is 5.92 Å². The molecule has 0 aliphatic heterocycles. The number of nitrogens with one attached hydrogen (secondary N) is 1. The lowest BCUT2D eigenvalue weighted by Gasteiger charge is -2.22. The van der Waals surface area contributed by atoms with Gasteiger partial charge in [0.1, 0.15) is 0 Å². The van der Waals surface area contributed by atoms with Gasteiger partial charge in [0.25, 0.3) is 0 Å². The van der Waals surface area contributed by atoms with Crippen molar-refractivity contribution in [3.8, 4) is 0 Å². The molecule has 1 aromatic rings. The largest absolute Gasteiger partial charge is 0.317 e. The molecule has 0 saturated heterocycles. The molecule has 1 saturated carbocycles. The maximum absolute atomic E-state index is 4.81. The molecule has 0 bridgehead atoms. The van der Waals surface area contributed by atoms with E-state index in [2.05, 4.69) is 43.2 Å². The van der Waals surface area contributed by atoms with Gasteiger partial charge >= 0.3 is 0 Å². The Morgan fingerprint density at radius 2 is 2.05 bits per heavy atom. The maximum Gasteiger partial charge on any atom is 0.0625 e. The summed E-state index contributed by atoms with van der Waals surface area (Å²) in [6.07, 6.45) is 12.5. The van der Waals surface area contributed by atoms with Crippen LogP contribution < -0.4 is 5.32 Å². The summed E-state index contributed by atoms with van der Waals surface area (Å²) in [5.74, 6) is 0.757. The molecule has 3 nitrogen and oxygen atoms in total. The number of aromatic nitrogens is 2. The molecule has 0 spiro atoms. The molecule has 1 N–H and O–H groups in total. The fourth-order valence-electron chi connectivity index (χ4n) is 3.33. The van der Waals surface area contributed by atoms with Crippen LogP contribution in [0.4, 0.5) is 0 Å². The first kappa shape index (κ1) is 15.6. The second-order valence-corrected chi connectivity index (χ2v) is 6.73. The first-order valence-electron chi connectivity index (χ1n) is 8.40. The van der Waals surface area contributed by atoms with Gasteiger partial charge in [-0.2, -0.15) is 5.10 Å². The van der Waals surface area contributed by atoms with Gasteiger partial charge in [-0.05, 0) is 51.1 Å². The van der Waals surface area contributed by atoms with Crippen molar-refractivity contribution in [2.24, 2.45) is 5.92 Å². The number of aryl methyl sites for hydroxylation is 1. The van der Waals surface area contributed by atoms with Gasteiger partial charge in [0.15, 0.2) is 0 Å². The first-order chi connectivity index (χ1) is 9.69. The maximum atomic E-state index is 4.81. The highest BCUT2D eigenvalue weighted by Gasteiger charge is 2.16. The highest BCUT2D eigenvalue weighted by Crippen LogP contribution is 2.27. The van der Waals surface area contributed by atoms with Gasteiger partial charge in [0.05, 0.1) is 11.7 Å². The Morgan fingerprint density at radius 1 is 1.30 bits per heavy atom. The fourth-order valence-corrected chi connectivity index (χ4v) is 3.33. The molecule has 20 heavy (non-hydrogen) atoms. The van der Waals surface area contributed by atoms with Crippen molar-refractivity contribution >= 4 is 0 Å². The second kappa shape index (κ2) is 7.82. The molecule has 0 aromatic carbocycles. The monoisotopic (exact) mass is 277 g/mol. The van der Waals surface area contributed by atoms with E-state index in [-0.39, 0.29) is 0 Å². The molecular formula is C17H31N3. The molecule has 1 aromatic heterocycles. The van der Waals surface area contributed by atoms with Gasteiger partial charge in [-0.25, -0.2) is 0 Å². The van der Waals surface area contributed by atoms with Crippen LogP contribution in [0.25, 0.3) is 0 Å². The minimum Gasteiger partial charge on any atom is -0.317 e. The van der Waals surface area contributed by atoms with Crippen LogP contribution in [0.5, 0.6) is 0 Å². The first-order valence-corrected chi connectivity index (χ1v) is 8.40. The molecule has 1 unspecified atom stereocenters. The Bertz CT molecular complexity index is 377. The quantitative estimate of drug-likeness (QED) is 0.817. The van der Waals surface area contributed by atoms with E-state index in [0.717, 1.165) is 12.3 Å². The highest BCUT2D eigenvalue weighted by molar-refractivity contribution is 5.00. The summed E-state index contributed by atoms with van der Waals surface area (Å²) in [6, 6.07) is 3.50. The summed E-state index contributed by atoms with van der Waals surface area (Å²) in [5, 5.41) is 8.25. The van der Waals surface area contributed by atoms with Crippen LogP contribution in [0.1, 0.15) is 70.5 Å². The third-order valence-corrected chi connectivity index (χ3v) is 4.53. The Labute approximate surface area is 124 Å². The Balaban J connectivity index is 1.82. The van der Waals surface area contributed by atoms with Crippen molar-refractivity contribution in [2.75, 3.05) is 7.05 Å². The van der Waals surface area contributed by atoms with Crippen LogP contribution in [0.3, 0.4) is 0 Å². The van der Waals surface area contributed by atoms with E-state index >= 15 is 0 Å². The summed E-state index contributed by atoms with van der Waals surface area (Å²) in [4.78, 5) is 0. The van der Waals surface area contributed by atoms with Gasteiger partial charge < -0.3 is 5.32 Å². The second-order valence-electron chi connectivity index (χ2n) is 6.73. The van der Waals surface area contributed by atoms with Crippen LogP contribution in [-0.2, 0) is 6.42 Å². The van der Waals surface area contributed by atoms with Crippen LogP contribution in [-0.4, -0.2) is 22.9 Å². The van der Waals surface area contributed by atoms with Crippen molar-refractivity contribution in [1.82, 2.24) is 15.1 Å². The Kier molecular flexibility index (Phi) is 6.08. The van der Waals surface area contributed by atoms with Crippen molar-refractivity contribution in [2.45, 2.75) is 77.3 Å². The molecular weight excluding hydrogens is 246 g/mol. The molecule has 1 aliphatic rings. The number of hydrogen-bond acceptors (Lipinski definition) is 2. The zero-order valence-corrected chi connectivity index (χ0v) is 13.4. The molecule has 1 heterocycles. The lowest BCUT2D eigenvalue weighted by Crippen LogP contribution is -2.27. The van der Waals surface area contributed by atoms with Crippen molar-refractivity contribution in [3.05, 3.63) is 18.0 Å². The zero-order valence-electron chi connectivity index (χ0n) is 13.4. The normalized spacial score (nSPS) is 18.6. The van der Waals surface area contributed by atoms with Crippen molar-refractivity contribution in [3.63, 3.8) is 0 Å². The Morgan fingerprint density at radius 3 is 2.70 bits per heavy atom.